The molecule has 1 aromatic heterocycles. The zero-order valence-corrected chi connectivity index (χ0v) is 13.9. The van der Waals surface area contributed by atoms with E-state index < -0.39 is 0 Å². The predicted molar refractivity (Wildman–Crippen MR) is 87.8 cm³/mol. The van der Waals surface area contributed by atoms with Crippen molar-refractivity contribution in [1.82, 2.24) is 20.0 Å². The van der Waals surface area contributed by atoms with Gasteiger partial charge in [0.25, 0.3) is 5.91 Å². The molecule has 5 rings (SSSR count). The summed E-state index contributed by atoms with van der Waals surface area (Å²) in [5, 5.41) is 7.49. The number of H-pyrrole nitrogens is 1. The third-order valence-electron chi connectivity index (χ3n) is 6.70. The van der Waals surface area contributed by atoms with Gasteiger partial charge < -0.3 is 4.90 Å². The molecule has 4 aliphatic rings. The minimum Gasteiger partial charge on any atom is -0.319 e. The molecule has 5 heteroatoms. The van der Waals surface area contributed by atoms with Crippen LogP contribution in [-0.2, 0) is 6.42 Å². The summed E-state index contributed by atoms with van der Waals surface area (Å²) in [5.41, 5.74) is 3.30. The molecule has 1 saturated carbocycles. The molecule has 2 atom stereocenters. The lowest BCUT2D eigenvalue weighted by Crippen LogP contribution is -2.67. The van der Waals surface area contributed by atoms with E-state index in [9.17, 15) is 4.79 Å². The van der Waals surface area contributed by atoms with Crippen LogP contribution >= 0.6 is 0 Å². The van der Waals surface area contributed by atoms with Crippen LogP contribution in [0.15, 0.2) is 6.08 Å². The maximum absolute atomic E-state index is 13.2. The van der Waals surface area contributed by atoms with Crippen molar-refractivity contribution in [3.05, 3.63) is 23.0 Å². The maximum Gasteiger partial charge on any atom is 0.276 e. The van der Waals surface area contributed by atoms with E-state index in [1.807, 2.05) is 0 Å². The Morgan fingerprint density at radius 1 is 1.35 bits per heavy atom. The molecule has 3 heterocycles. The molecule has 1 aromatic rings. The first-order valence-electron chi connectivity index (χ1n) is 8.83. The summed E-state index contributed by atoms with van der Waals surface area (Å²) < 4.78 is 0. The van der Waals surface area contributed by atoms with Gasteiger partial charge in [0.2, 0.25) is 0 Å². The zero-order valence-electron chi connectivity index (χ0n) is 13.9. The number of hydrogen-bond donors (Lipinski definition) is 1. The average Bonchev–Trinajstić information content (AvgIpc) is 2.86. The molecular weight excluding hydrogens is 288 g/mol. The monoisotopic (exact) mass is 312 g/mol. The highest BCUT2D eigenvalue weighted by molar-refractivity contribution is 5.95. The molecule has 5 nitrogen and oxygen atoms in total. The fourth-order valence-electron chi connectivity index (χ4n) is 4.89. The van der Waals surface area contributed by atoms with Crippen LogP contribution in [0.25, 0.3) is 6.08 Å². The molecule has 23 heavy (non-hydrogen) atoms. The largest absolute Gasteiger partial charge is 0.319 e. The number of hydrogen-bond acceptors (Lipinski definition) is 3. The van der Waals surface area contributed by atoms with Crippen LogP contribution < -0.4 is 0 Å². The van der Waals surface area contributed by atoms with Crippen LogP contribution in [0.5, 0.6) is 0 Å². The van der Waals surface area contributed by atoms with E-state index in [-0.39, 0.29) is 11.3 Å². The van der Waals surface area contributed by atoms with E-state index in [2.05, 4.69) is 46.0 Å². The molecule has 0 radical (unpaired) electrons. The van der Waals surface area contributed by atoms with Gasteiger partial charge in [-0.25, -0.2) is 0 Å². The summed E-state index contributed by atoms with van der Waals surface area (Å²) in [6.07, 6.45) is 9.98. The van der Waals surface area contributed by atoms with Crippen molar-refractivity contribution >= 4 is 12.0 Å². The van der Waals surface area contributed by atoms with Gasteiger partial charge in [0.05, 0.1) is 18.4 Å². The van der Waals surface area contributed by atoms with Crippen LogP contribution in [0.1, 0.15) is 61.3 Å². The fourth-order valence-corrected chi connectivity index (χ4v) is 4.89. The van der Waals surface area contributed by atoms with E-state index in [0.717, 1.165) is 43.7 Å². The van der Waals surface area contributed by atoms with Crippen molar-refractivity contribution in [3.8, 4) is 0 Å². The van der Waals surface area contributed by atoms with Gasteiger partial charge in [-0.3, -0.25) is 14.8 Å². The SMILES string of the molecule is CC1(C)C=Cc2[nH]nc(C(=O)N3CN4CCC45CCC35)c2CC1. The lowest BCUT2D eigenvalue weighted by atomic mass is 9.65. The molecule has 0 bridgehead atoms. The molecule has 0 aromatic carbocycles. The van der Waals surface area contributed by atoms with E-state index in [1.165, 1.54) is 12.8 Å². The average molecular weight is 312 g/mol. The summed E-state index contributed by atoms with van der Waals surface area (Å²) in [5.74, 6) is 0.133. The number of aromatic amines is 1. The van der Waals surface area contributed by atoms with Crippen molar-refractivity contribution in [2.45, 2.75) is 57.5 Å². The predicted octanol–water partition coefficient (Wildman–Crippen LogP) is 2.42. The van der Waals surface area contributed by atoms with Crippen LogP contribution in [0.2, 0.25) is 0 Å². The van der Waals surface area contributed by atoms with E-state index in [0.29, 0.717) is 17.3 Å². The molecule has 1 N–H and O–H groups in total. The Bertz CT molecular complexity index is 715. The second-order valence-corrected chi connectivity index (χ2v) is 8.37. The van der Waals surface area contributed by atoms with Crippen molar-refractivity contribution in [2.24, 2.45) is 5.41 Å². The number of nitrogens with zero attached hydrogens (tertiary/aromatic N) is 3. The van der Waals surface area contributed by atoms with E-state index in [1.54, 1.807) is 0 Å². The highest BCUT2D eigenvalue weighted by Gasteiger charge is 2.64. The minimum absolute atomic E-state index is 0.133. The Morgan fingerprint density at radius 2 is 2.22 bits per heavy atom. The van der Waals surface area contributed by atoms with Crippen LogP contribution in [0.4, 0.5) is 0 Å². The quantitative estimate of drug-likeness (QED) is 0.866. The molecule has 122 valence electrons. The van der Waals surface area contributed by atoms with E-state index >= 15 is 0 Å². The Labute approximate surface area is 136 Å². The smallest absolute Gasteiger partial charge is 0.276 e. The first-order chi connectivity index (χ1) is 11.0. The van der Waals surface area contributed by atoms with Crippen molar-refractivity contribution < 1.29 is 4.79 Å². The molecule has 1 amide bonds. The van der Waals surface area contributed by atoms with Gasteiger partial charge in [0.1, 0.15) is 0 Å². The Kier molecular flexibility index (Phi) is 2.55. The second-order valence-electron chi connectivity index (χ2n) is 8.37. The number of allylic oxidation sites excluding steroid dienone is 1. The van der Waals surface area contributed by atoms with Gasteiger partial charge in [-0.2, -0.15) is 5.10 Å². The zero-order chi connectivity index (χ0) is 15.8. The summed E-state index contributed by atoms with van der Waals surface area (Å²) in [4.78, 5) is 17.7. The van der Waals surface area contributed by atoms with Crippen LogP contribution in [0.3, 0.4) is 0 Å². The van der Waals surface area contributed by atoms with Gasteiger partial charge in [-0.15, -0.1) is 0 Å². The fraction of sp³-hybridized carbons (Fsp3) is 0.667. The number of aromatic nitrogens is 2. The summed E-state index contributed by atoms with van der Waals surface area (Å²) in [6, 6.07) is 0.425. The number of carbonyl (C=O) groups is 1. The number of fused-ring (bicyclic) bond motifs is 1. The summed E-state index contributed by atoms with van der Waals surface area (Å²) >= 11 is 0. The Morgan fingerprint density at radius 3 is 2.87 bits per heavy atom. The molecule has 2 unspecified atom stereocenters. The minimum atomic E-state index is 0.133. The standard InChI is InChI=1S/C18H24N4O/c1-17(2)6-3-12-13(4-7-17)19-20-15(12)16(23)22-11-21-10-9-18(21)8-5-14(18)22/h4,7,14H,3,5-6,8-11H2,1-2H3,(H,19,20). The van der Waals surface area contributed by atoms with Crippen LogP contribution in [-0.4, -0.2) is 50.7 Å². The highest BCUT2D eigenvalue weighted by atomic mass is 16.2. The topological polar surface area (TPSA) is 52.2 Å². The Balaban J connectivity index is 1.45. The van der Waals surface area contributed by atoms with Crippen LogP contribution in [0, 0.1) is 5.41 Å². The second kappa shape index (κ2) is 4.26. The molecule has 2 aliphatic heterocycles. The molecule has 3 fully saturated rings. The van der Waals surface area contributed by atoms with Gasteiger partial charge >= 0.3 is 0 Å². The maximum atomic E-state index is 13.2. The Hall–Kier alpha value is -1.62. The molecule has 1 spiro atoms. The third kappa shape index (κ3) is 1.71. The number of carbonyl (C=O) groups excluding carboxylic acids is 1. The first kappa shape index (κ1) is 13.8. The number of nitrogens with one attached hydrogen (secondary N) is 1. The molecular formula is C18H24N4O. The molecule has 2 aliphatic carbocycles. The van der Waals surface area contributed by atoms with Gasteiger partial charge in [0, 0.05) is 17.6 Å². The van der Waals surface area contributed by atoms with E-state index in [4.69, 9.17) is 0 Å². The normalized spacial score (nSPS) is 34.0. The van der Waals surface area contributed by atoms with Crippen molar-refractivity contribution in [1.29, 1.82) is 0 Å². The summed E-state index contributed by atoms with van der Waals surface area (Å²) in [6.45, 7) is 6.43. The van der Waals surface area contributed by atoms with Crippen molar-refractivity contribution in [3.63, 3.8) is 0 Å². The highest BCUT2D eigenvalue weighted by Crippen LogP contribution is 2.54. The first-order valence-corrected chi connectivity index (χ1v) is 8.83. The number of rotatable bonds is 1. The lowest BCUT2D eigenvalue weighted by molar-refractivity contribution is -0.0426. The third-order valence-corrected chi connectivity index (χ3v) is 6.70. The van der Waals surface area contributed by atoms with Gasteiger partial charge in [0.15, 0.2) is 5.69 Å². The lowest BCUT2D eigenvalue weighted by Gasteiger charge is -2.57. The summed E-state index contributed by atoms with van der Waals surface area (Å²) in [7, 11) is 0. The van der Waals surface area contributed by atoms with Crippen molar-refractivity contribution in [2.75, 3.05) is 13.2 Å². The number of amides is 1. The van der Waals surface area contributed by atoms with Gasteiger partial charge in [-0.1, -0.05) is 19.9 Å². The molecule has 2 saturated heterocycles. The van der Waals surface area contributed by atoms with Gasteiger partial charge in [-0.05, 0) is 43.6 Å².